The van der Waals surface area contributed by atoms with Crippen LogP contribution in [0.4, 0.5) is 0 Å². The maximum Gasteiger partial charge on any atom is 0.278 e. The van der Waals surface area contributed by atoms with Crippen molar-refractivity contribution in [1.29, 1.82) is 0 Å². The van der Waals surface area contributed by atoms with Crippen molar-refractivity contribution in [3.8, 4) is 0 Å². The number of benzene rings is 1. The summed E-state index contributed by atoms with van der Waals surface area (Å²) in [4.78, 5) is 13.4. The maximum atomic E-state index is 11.6. The van der Waals surface area contributed by atoms with Crippen LogP contribution >= 0.6 is 0 Å². The fraction of sp³-hybridized carbons (Fsp3) is 0.0769. The first kappa shape index (κ1) is 9.99. The van der Waals surface area contributed by atoms with Crippen molar-refractivity contribution >= 4 is 22.0 Å². The first-order valence-corrected chi connectivity index (χ1v) is 5.58. The Morgan fingerprint density at radius 3 is 2.53 bits per heavy atom. The number of carbonyl (C=O) groups is 1. The molecule has 1 nitrogen and oxygen atoms in total. The summed E-state index contributed by atoms with van der Waals surface area (Å²) in [7, 11) is 0. The Labute approximate surface area is 93.1 Å². The molecule has 0 bridgehead atoms. The minimum absolute atomic E-state index is 0.0921. The summed E-state index contributed by atoms with van der Waals surface area (Å²) in [6, 6.07) is 9.93. The highest BCUT2D eigenvalue weighted by Crippen LogP contribution is 2.06. The van der Waals surface area contributed by atoms with Crippen LogP contribution in [-0.4, -0.2) is 10.6 Å². The van der Waals surface area contributed by atoms with Crippen LogP contribution in [0.25, 0.3) is 0 Å². The third-order valence-electron chi connectivity index (χ3n) is 2.07. The van der Waals surface area contributed by atoms with Crippen molar-refractivity contribution in [3.63, 3.8) is 0 Å². The molecule has 0 aromatic heterocycles. The van der Waals surface area contributed by atoms with Crippen LogP contribution in [-0.2, 0) is 16.1 Å². The largest absolute Gasteiger partial charge is 0.284 e. The molecule has 1 aromatic carbocycles. The quantitative estimate of drug-likeness (QED) is 0.519. The fourth-order valence-electron chi connectivity index (χ4n) is 1.31. The summed E-state index contributed by atoms with van der Waals surface area (Å²) in [6.07, 6.45) is 5.40. The Kier molecular flexibility index (Phi) is 2.88. The predicted octanol–water partition coefficient (Wildman–Crippen LogP) is 2.39. The van der Waals surface area contributed by atoms with Crippen molar-refractivity contribution in [2.24, 2.45) is 0 Å². The van der Waals surface area contributed by atoms with E-state index in [4.69, 9.17) is 0 Å². The standard InChI is InChI=1S/C13H11OS/c1-10-7-8-12(14)13(9-10)15-11-5-3-2-4-6-11/h2-9H,1H3/q+1. The molecule has 0 atom stereocenters. The number of carbonyl (C=O) groups excluding carboxylic acids is 1. The Morgan fingerprint density at radius 2 is 1.80 bits per heavy atom. The van der Waals surface area contributed by atoms with Crippen LogP contribution in [0.5, 0.6) is 0 Å². The van der Waals surface area contributed by atoms with E-state index >= 15 is 0 Å². The van der Waals surface area contributed by atoms with Gasteiger partial charge < -0.3 is 0 Å². The molecule has 0 N–H and O–H groups in total. The van der Waals surface area contributed by atoms with Gasteiger partial charge in [-0.15, -0.1) is 0 Å². The summed E-state index contributed by atoms with van der Waals surface area (Å²) < 4.78 is 0. The van der Waals surface area contributed by atoms with E-state index in [-0.39, 0.29) is 5.78 Å². The van der Waals surface area contributed by atoms with Crippen molar-refractivity contribution in [2.45, 2.75) is 11.8 Å². The molecule has 0 fully saturated rings. The summed E-state index contributed by atoms with van der Waals surface area (Å²) in [5.74, 6) is 0.0921. The number of hydrogen-bond donors (Lipinski definition) is 0. The normalized spacial score (nSPS) is 18.1. The van der Waals surface area contributed by atoms with Gasteiger partial charge >= 0.3 is 0 Å². The van der Waals surface area contributed by atoms with E-state index in [1.165, 1.54) is 11.4 Å². The topological polar surface area (TPSA) is 17.1 Å². The van der Waals surface area contributed by atoms with E-state index in [0.29, 0.717) is 0 Å². The van der Waals surface area contributed by atoms with E-state index in [0.717, 1.165) is 15.3 Å². The maximum absolute atomic E-state index is 11.6. The molecule has 1 aromatic rings. The Bertz CT molecular complexity index is 467. The van der Waals surface area contributed by atoms with Gasteiger partial charge in [-0.1, -0.05) is 24.3 Å². The lowest BCUT2D eigenvalue weighted by Crippen LogP contribution is -2.13. The molecule has 0 amide bonds. The highest BCUT2D eigenvalue weighted by atomic mass is 32.1. The molecule has 1 aliphatic rings. The van der Waals surface area contributed by atoms with Gasteiger partial charge in [0.05, 0.1) is 0 Å². The van der Waals surface area contributed by atoms with E-state index in [2.05, 4.69) is 0 Å². The SMILES string of the molecule is CC1=CC(=[S+]c2ccccc2)C(=O)C=C1. The monoisotopic (exact) mass is 215 g/mol. The summed E-state index contributed by atoms with van der Waals surface area (Å²) in [6.45, 7) is 1.99. The highest BCUT2D eigenvalue weighted by molar-refractivity contribution is 7.81. The van der Waals surface area contributed by atoms with Gasteiger partial charge in [-0.25, -0.2) is 0 Å². The molecule has 0 aliphatic heterocycles. The average molecular weight is 215 g/mol. The van der Waals surface area contributed by atoms with E-state index in [1.807, 2.05) is 49.4 Å². The third kappa shape index (κ3) is 2.48. The van der Waals surface area contributed by atoms with Gasteiger partial charge in [0.1, 0.15) is 0 Å². The van der Waals surface area contributed by atoms with Gasteiger partial charge in [0, 0.05) is 18.2 Å². The van der Waals surface area contributed by atoms with Crippen molar-refractivity contribution in [1.82, 2.24) is 0 Å². The average Bonchev–Trinajstić information content (AvgIpc) is 2.25. The Morgan fingerprint density at radius 1 is 1.07 bits per heavy atom. The zero-order chi connectivity index (χ0) is 10.7. The fourth-order valence-corrected chi connectivity index (χ4v) is 2.27. The Hall–Kier alpha value is -1.54. The first-order chi connectivity index (χ1) is 7.25. The van der Waals surface area contributed by atoms with Crippen LogP contribution in [0.3, 0.4) is 0 Å². The van der Waals surface area contributed by atoms with Gasteiger partial charge in [0.2, 0.25) is 22.0 Å². The van der Waals surface area contributed by atoms with Gasteiger partial charge in [0.15, 0.2) is 0 Å². The zero-order valence-corrected chi connectivity index (χ0v) is 9.25. The van der Waals surface area contributed by atoms with Gasteiger partial charge in [0.25, 0.3) is 4.86 Å². The number of ketones is 1. The smallest absolute Gasteiger partial charge is 0.278 e. The molecular weight excluding hydrogens is 204 g/mol. The molecule has 2 heteroatoms. The Balaban J connectivity index is 2.36. The lowest BCUT2D eigenvalue weighted by Gasteiger charge is -1.95. The first-order valence-electron chi connectivity index (χ1n) is 4.76. The second-order valence-corrected chi connectivity index (χ2v) is 4.48. The second kappa shape index (κ2) is 4.32. The molecule has 2 rings (SSSR count). The molecule has 1 aliphatic carbocycles. The van der Waals surface area contributed by atoms with Crippen LogP contribution < -0.4 is 0 Å². The zero-order valence-electron chi connectivity index (χ0n) is 8.44. The van der Waals surface area contributed by atoms with Crippen LogP contribution in [0.2, 0.25) is 0 Å². The van der Waals surface area contributed by atoms with Crippen molar-refractivity contribution in [3.05, 3.63) is 54.1 Å². The second-order valence-electron chi connectivity index (χ2n) is 3.37. The molecule has 0 saturated heterocycles. The van der Waals surface area contributed by atoms with Crippen molar-refractivity contribution in [2.75, 3.05) is 0 Å². The minimum Gasteiger partial charge on any atom is -0.284 e. The van der Waals surface area contributed by atoms with Crippen LogP contribution in [0.1, 0.15) is 6.92 Å². The highest BCUT2D eigenvalue weighted by Gasteiger charge is 2.20. The number of allylic oxidation sites excluding steroid dienone is 4. The molecule has 0 heterocycles. The number of hydrogen-bond acceptors (Lipinski definition) is 1. The predicted molar refractivity (Wildman–Crippen MR) is 65.0 cm³/mol. The van der Waals surface area contributed by atoms with Gasteiger partial charge in [-0.2, -0.15) is 0 Å². The molecule has 0 radical (unpaired) electrons. The molecule has 15 heavy (non-hydrogen) atoms. The van der Waals surface area contributed by atoms with E-state index in [9.17, 15) is 4.79 Å². The summed E-state index contributed by atoms with van der Waals surface area (Å²) in [5.41, 5.74) is 1.12. The molecular formula is C13H11OS+. The van der Waals surface area contributed by atoms with Crippen molar-refractivity contribution < 1.29 is 4.79 Å². The van der Waals surface area contributed by atoms with E-state index in [1.54, 1.807) is 6.08 Å². The van der Waals surface area contributed by atoms with Gasteiger partial charge in [-0.05, 0) is 18.6 Å². The lowest BCUT2D eigenvalue weighted by molar-refractivity contribution is -0.108. The molecule has 74 valence electrons. The minimum atomic E-state index is 0.0921. The van der Waals surface area contributed by atoms with E-state index < -0.39 is 0 Å². The van der Waals surface area contributed by atoms with Gasteiger partial charge in [-0.3, -0.25) is 4.79 Å². The molecule has 0 saturated carbocycles. The summed E-state index contributed by atoms with van der Waals surface area (Å²) in [5, 5.41) is 0. The number of rotatable bonds is 1. The lowest BCUT2D eigenvalue weighted by atomic mass is 10.1. The molecule has 0 unspecified atom stereocenters. The molecule has 0 spiro atoms. The summed E-state index contributed by atoms with van der Waals surface area (Å²) >= 11 is 1.52. The van der Waals surface area contributed by atoms with Crippen LogP contribution in [0, 0.1) is 0 Å². The van der Waals surface area contributed by atoms with Crippen LogP contribution in [0.15, 0.2) is 59.0 Å². The third-order valence-corrected chi connectivity index (χ3v) is 3.12.